The number of anilines is 1. The largest absolute Gasteiger partial charge is 0.443 e. The number of ether oxygens (including phenoxy) is 2. The number of rotatable bonds is 11. The Labute approximate surface area is 254 Å². The second-order valence-electron chi connectivity index (χ2n) is 12.8. The normalized spacial score (nSPS) is 15.4. The van der Waals surface area contributed by atoms with E-state index >= 15 is 0 Å². The predicted molar refractivity (Wildman–Crippen MR) is 169 cm³/mol. The van der Waals surface area contributed by atoms with Crippen LogP contribution >= 0.6 is 0 Å². The molecule has 228 valence electrons. The Morgan fingerprint density at radius 3 is 2.40 bits per heavy atom. The molecule has 0 saturated carbocycles. The summed E-state index contributed by atoms with van der Waals surface area (Å²) >= 11 is 0. The number of carbonyl (C=O) groups is 3. The van der Waals surface area contributed by atoms with E-state index in [2.05, 4.69) is 30.2 Å². The van der Waals surface area contributed by atoms with Gasteiger partial charge in [-0.15, -0.1) is 0 Å². The number of nitrogens with zero attached hydrogens (tertiary/aromatic N) is 4. The van der Waals surface area contributed by atoms with E-state index in [-0.39, 0.29) is 25.5 Å². The maximum atomic E-state index is 14.0. The van der Waals surface area contributed by atoms with E-state index in [9.17, 15) is 14.4 Å². The molecule has 2 heterocycles. The molecule has 1 unspecified atom stereocenters. The number of hydrogen-bond acceptors (Lipinski definition) is 7. The quantitative estimate of drug-likeness (QED) is 0.226. The maximum Gasteiger partial charge on any atom is 0.426 e. The number of benzene rings is 2. The van der Waals surface area contributed by atoms with Crippen LogP contribution in [0.15, 0.2) is 71.9 Å². The molecule has 10 nitrogen and oxygen atoms in total. The number of para-hydroxylation sites is 1. The molecule has 2 amide bonds. The Balaban J connectivity index is 1.68. The number of benzodiazepines with no additional fused rings is 1. The zero-order chi connectivity index (χ0) is 31.2. The number of nitrogens with one attached hydrogen (secondary N) is 1. The molecule has 0 fully saturated rings. The van der Waals surface area contributed by atoms with Crippen LogP contribution in [-0.2, 0) is 32.4 Å². The highest BCUT2D eigenvalue weighted by Gasteiger charge is 2.37. The highest BCUT2D eigenvalue weighted by molar-refractivity contribution is 6.76. The van der Waals surface area contributed by atoms with Crippen LogP contribution in [0.1, 0.15) is 44.0 Å². The van der Waals surface area contributed by atoms with Gasteiger partial charge in [0.1, 0.15) is 25.2 Å². The molecule has 0 radical (unpaired) electrons. The summed E-state index contributed by atoms with van der Waals surface area (Å²) in [5.41, 5.74) is 4.83. The Kier molecular flexibility index (Phi) is 9.97. The van der Waals surface area contributed by atoms with Gasteiger partial charge in [0.05, 0.1) is 17.1 Å². The van der Waals surface area contributed by atoms with Gasteiger partial charge in [-0.3, -0.25) is 14.6 Å². The molecular formula is C32H41N5O5Si. The Morgan fingerprint density at radius 2 is 1.70 bits per heavy atom. The zero-order valence-electron chi connectivity index (χ0n) is 25.8. The van der Waals surface area contributed by atoms with Crippen molar-refractivity contribution in [1.82, 2.24) is 15.2 Å². The van der Waals surface area contributed by atoms with Crippen LogP contribution < -0.4 is 10.4 Å². The summed E-state index contributed by atoms with van der Waals surface area (Å²) < 4.78 is 13.1. The molecule has 1 N–H and O–H groups in total. The summed E-state index contributed by atoms with van der Waals surface area (Å²) in [7, 11) is -1.27. The van der Waals surface area contributed by atoms with Crippen molar-refractivity contribution >= 4 is 37.3 Å². The number of aromatic nitrogens is 2. The second kappa shape index (κ2) is 13.5. The van der Waals surface area contributed by atoms with Gasteiger partial charge in [0.15, 0.2) is 0 Å². The smallest absolute Gasteiger partial charge is 0.426 e. The molecule has 4 rings (SSSR count). The van der Waals surface area contributed by atoms with E-state index in [0.29, 0.717) is 29.3 Å². The van der Waals surface area contributed by atoms with Gasteiger partial charge in [0.2, 0.25) is 0 Å². The van der Waals surface area contributed by atoms with Crippen LogP contribution in [0.3, 0.4) is 0 Å². The number of Topliss-reactive ketones (excluding diaryl/α,β-unsaturated/α-hetero) is 1. The number of hydrogen-bond donors (Lipinski definition) is 1. The van der Waals surface area contributed by atoms with Crippen LogP contribution in [0.5, 0.6) is 0 Å². The molecule has 0 saturated heterocycles. The molecule has 0 aliphatic carbocycles. The van der Waals surface area contributed by atoms with Crippen LogP contribution in [0.2, 0.25) is 25.7 Å². The number of amides is 2. The Bertz CT molecular complexity index is 1470. The predicted octanol–water partition coefficient (Wildman–Crippen LogP) is 5.59. The third-order valence-electron chi connectivity index (χ3n) is 6.99. The number of fused-ring (bicyclic) bond motifs is 1. The van der Waals surface area contributed by atoms with Crippen molar-refractivity contribution in [3.63, 3.8) is 0 Å². The summed E-state index contributed by atoms with van der Waals surface area (Å²) in [5.74, 6) is -0.677. The van der Waals surface area contributed by atoms with E-state index in [1.807, 2.05) is 48.5 Å². The van der Waals surface area contributed by atoms with Gasteiger partial charge in [-0.2, -0.15) is 5.10 Å². The minimum atomic E-state index is -1.27. The van der Waals surface area contributed by atoms with E-state index in [0.717, 1.165) is 16.6 Å². The lowest BCUT2D eigenvalue weighted by molar-refractivity contribution is -0.129. The number of carbonyl (C=O) groups excluding carboxylic acids is 3. The van der Waals surface area contributed by atoms with Gasteiger partial charge in [-0.05, 0) is 23.7 Å². The van der Waals surface area contributed by atoms with Crippen molar-refractivity contribution in [1.29, 1.82) is 0 Å². The first-order valence-corrected chi connectivity index (χ1v) is 18.2. The van der Waals surface area contributed by atoms with Crippen LogP contribution in [0, 0.1) is 5.41 Å². The monoisotopic (exact) mass is 603 g/mol. The zero-order valence-corrected chi connectivity index (χ0v) is 26.8. The number of hydrazine groups is 1. The fraction of sp³-hybridized carbons (Fsp3) is 0.406. The lowest BCUT2D eigenvalue weighted by Gasteiger charge is -2.26. The molecule has 43 heavy (non-hydrogen) atoms. The molecule has 0 spiro atoms. The van der Waals surface area contributed by atoms with Crippen molar-refractivity contribution in [3.05, 3.63) is 83.7 Å². The minimum Gasteiger partial charge on any atom is -0.443 e. The fourth-order valence-corrected chi connectivity index (χ4v) is 5.12. The van der Waals surface area contributed by atoms with Gasteiger partial charge < -0.3 is 9.47 Å². The lowest BCUT2D eigenvalue weighted by Crippen LogP contribution is -2.50. The summed E-state index contributed by atoms with van der Waals surface area (Å²) in [6, 6.07) is 18.1. The van der Waals surface area contributed by atoms with Crippen LogP contribution in [0.25, 0.3) is 0 Å². The van der Waals surface area contributed by atoms with Gasteiger partial charge in [-0.1, -0.05) is 88.9 Å². The molecule has 1 aliphatic rings. The Morgan fingerprint density at radius 1 is 1.00 bits per heavy atom. The third kappa shape index (κ3) is 8.48. The second-order valence-corrected chi connectivity index (χ2v) is 18.4. The lowest BCUT2D eigenvalue weighted by atomic mass is 9.87. The summed E-state index contributed by atoms with van der Waals surface area (Å²) in [4.78, 5) is 45.1. The highest BCUT2D eigenvalue weighted by Crippen LogP contribution is 2.30. The standard InChI is InChI=1S/C32H41N5O5Si/c1-32(2,3)28(38)20-25-30(39)37(35-31(40)42-21-23-12-8-7-9-13-23)26-15-11-10-14-24(26)29(34-25)27-16-17-33-36(27)22-41-18-19-43(4,5)6/h7-17,25H,18-22H2,1-6H3,(H,35,40). The van der Waals surface area contributed by atoms with Gasteiger partial charge in [0.25, 0.3) is 5.91 Å². The summed E-state index contributed by atoms with van der Waals surface area (Å²) in [6.07, 6.45) is 0.705. The molecule has 1 atom stereocenters. The maximum absolute atomic E-state index is 14.0. The van der Waals surface area contributed by atoms with Crippen molar-refractivity contribution in [2.24, 2.45) is 10.4 Å². The first-order chi connectivity index (χ1) is 20.3. The molecular weight excluding hydrogens is 562 g/mol. The molecule has 3 aromatic rings. The highest BCUT2D eigenvalue weighted by atomic mass is 28.3. The molecule has 1 aliphatic heterocycles. The van der Waals surface area contributed by atoms with E-state index < -0.39 is 31.5 Å². The first-order valence-electron chi connectivity index (χ1n) is 14.5. The molecule has 1 aromatic heterocycles. The number of ketones is 1. The number of aliphatic imine (C=N–C) groups is 1. The van der Waals surface area contributed by atoms with Gasteiger partial charge in [-0.25, -0.2) is 19.9 Å². The van der Waals surface area contributed by atoms with Crippen molar-refractivity contribution in [2.45, 2.75) is 72.3 Å². The van der Waals surface area contributed by atoms with Crippen molar-refractivity contribution in [3.8, 4) is 0 Å². The minimum absolute atomic E-state index is 0.0287. The average Bonchev–Trinajstić information content (AvgIpc) is 3.38. The van der Waals surface area contributed by atoms with Crippen molar-refractivity contribution < 1.29 is 23.9 Å². The summed E-state index contributed by atoms with van der Waals surface area (Å²) in [6.45, 7) is 13.1. The Hall–Kier alpha value is -4.09. The molecule has 2 aromatic carbocycles. The topological polar surface area (TPSA) is 115 Å². The van der Waals surface area contributed by atoms with E-state index in [4.69, 9.17) is 14.5 Å². The average molecular weight is 604 g/mol. The van der Waals surface area contributed by atoms with Gasteiger partial charge >= 0.3 is 6.09 Å². The SMILES string of the molecule is CC(C)(C)C(=O)CC1N=C(c2ccnn2COCC[Si](C)(C)C)c2ccccc2N(NC(=O)OCc2ccccc2)C1=O. The summed E-state index contributed by atoms with van der Waals surface area (Å²) in [5, 5.41) is 5.60. The van der Waals surface area contributed by atoms with Crippen LogP contribution in [-0.4, -0.2) is 54.0 Å². The van der Waals surface area contributed by atoms with E-state index in [1.165, 1.54) is 0 Å². The van der Waals surface area contributed by atoms with Crippen molar-refractivity contribution in [2.75, 3.05) is 11.6 Å². The first kappa shape index (κ1) is 31.8. The van der Waals surface area contributed by atoms with E-state index in [1.54, 1.807) is 43.8 Å². The third-order valence-corrected chi connectivity index (χ3v) is 8.69. The van der Waals surface area contributed by atoms with Crippen LogP contribution in [0.4, 0.5) is 10.5 Å². The molecule has 11 heteroatoms. The van der Waals surface area contributed by atoms with Gasteiger partial charge in [0, 0.05) is 38.3 Å². The fourth-order valence-electron chi connectivity index (χ4n) is 4.36. The molecule has 0 bridgehead atoms.